The topological polar surface area (TPSA) is 93.7 Å². The third-order valence-electron chi connectivity index (χ3n) is 5.12. The lowest BCUT2D eigenvalue weighted by molar-refractivity contribution is 0.141. The summed E-state index contributed by atoms with van der Waals surface area (Å²) in [5.74, 6) is 1.42. The number of aliphatic hydroxyl groups is 1. The highest BCUT2D eigenvalue weighted by Crippen LogP contribution is 2.26. The summed E-state index contributed by atoms with van der Waals surface area (Å²) in [6.07, 6.45) is 0.437. The van der Waals surface area contributed by atoms with Crippen LogP contribution in [-0.2, 0) is 4.74 Å². The SMILES string of the molecule is CCOc1ccccc1C1=NN(C)C(C2=NC(=c3ccc(=CO)cc3)CN(C)C2=N)O1. The van der Waals surface area contributed by atoms with Crippen molar-refractivity contribution in [3.05, 3.63) is 64.5 Å². The van der Waals surface area contributed by atoms with Gasteiger partial charge in [-0.25, -0.2) is 4.99 Å². The summed E-state index contributed by atoms with van der Waals surface area (Å²) >= 11 is 0. The van der Waals surface area contributed by atoms with Gasteiger partial charge in [0.25, 0.3) is 0 Å². The second kappa shape index (κ2) is 8.51. The first-order chi connectivity index (χ1) is 15.0. The molecule has 31 heavy (non-hydrogen) atoms. The average Bonchev–Trinajstić information content (AvgIpc) is 3.17. The number of rotatable bonds is 4. The molecule has 0 radical (unpaired) electrons. The zero-order valence-electron chi connectivity index (χ0n) is 17.7. The fraction of sp³-hybridized carbons (Fsp3) is 0.261. The monoisotopic (exact) mass is 419 g/mol. The van der Waals surface area contributed by atoms with Gasteiger partial charge < -0.3 is 19.5 Å². The van der Waals surface area contributed by atoms with Gasteiger partial charge in [-0.1, -0.05) is 36.4 Å². The molecule has 4 rings (SSSR count). The standard InChI is InChI=1S/C23H25N5O3/c1-4-30-19-8-6-5-7-17(19)22-26-28(3)23(31-22)20-21(24)27(2)13-18(25-20)16-11-9-15(14-29)10-12-16/h5-12,14,23-24,29H,4,13H2,1-3H3. The van der Waals surface area contributed by atoms with Gasteiger partial charge in [-0.2, -0.15) is 0 Å². The molecule has 8 nitrogen and oxygen atoms in total. The van der Waals surface area contributed by atoms with Crippen LogP contribution in [0.1, 0.15) is 12.5 Å². The van der Waals surface area contributed by atoms with Crippen molar-refractivity contribution in [3.63, 3.8) is 0 Å². The third-order valence-corrected chi connectivity index (χ3v) is 5.12. The normalized spacial score (nSPS) is 18.5. The molecular formula is C23H25N5O3. The number of likely N-dealkylation sites (N-methyl/N-ethyl adjacent to an activating group) is 1. The van der Waals surface area contributed by atoms with Gasteiger partial charge in [0.15, 0.2) is 0 Å². The molecule has 0 saturated heterocycles. The van der Waals surface area contributed by atoms with E-state index in [9.17, 15) is 0 Å². The Bertz CT molecular complexity index is 1160. The summed E-state index contributed by atoms with van der Waals surface area (Å²) in [6, 6.07) is 15.0. The van der Waals surface area contributed by atoms with E-state index in [1.807, 2.05) is 67.4 Å². The summed E-state index contributed by atoms with van der Waals surface area (Å²) in [5.41, 5.74) is 2.06. The number of hydrazone groups is 1. The quantitative estimate of drug-likeness (QED) is 0.784. The lowest BCUT2D eigenvalue weighted by Crippen LogP contribution is -2.47. The Morgan fingerprint density at radius 3 is 2.65 bits per heavy atom. The molecule has 2 aromatic rings. The first-order valence-electron chi connectivity index (χ1n) is 10.0. The number of aliphatic hydroxyl groups excluding tert-OH is 1. The van der Waals surface area contributed by atoms with Crippen molar-refractivity contribution in [2.75, 3.05) is 27.2 Å². The third kappa shape index (κ3) is 3.96. The molecule has 1 unspecified atom stereocenters. The van der Waals surface area contributed by atoms with Gasteiger partial charge in [0.1, 0.15) is 17.3 Å². The Morgan fingerprint density at radius 1 is 1.19 bits per heavy atom. The molecule has 2 aromatic carbocycles. The van der Waals surface area contributed by atoms with Crippen molar-refractivity contribution in [1.29, 1.82) is 5.41 Å². The maximum absolute atomic E-state index is 9.16. The second-order valence-corrected chi connectivity index (χ2v) is 7.28. The number of amidine groups is 1. The molecule has 2 aliphatic rings. The van der Waals surface area contributed by atoms with Crippen molar-refractivity contribution in [2.45, 2.75) is 13.2 Å². The minimum Gasteiger partial charge on any atom is -0.515 e. The van der Waals surface area contributed by atoms with Crippen LogP contribution in [0.3, 0.4) is 0 Å². The van der Waals surface area contributed by atoms with Gasteiger partial charge in [0.2, 0.25) is 12.1 Å². The van der Waals surface area contributed by atoms with E-state index in [1.54, 1.807) is 12.1 Å². The Hall–Kier alpha value is -3.81. The lowest BCUT2D eigenvalue weighted by atomic mass is 10.1. The molecule has 0 aliphatic carbocycles. The molecule has 0 fully saturated rings. The number of hydrogen-bond acceptors (Lipinski definition) is 7. The first kappa shape index (κ1) is 20.5. The van der Waals surface area contributed by atoms with Crippen LogP contribution < -0.4 is 15.2 Å². The summed E-state index contributed by atoms with van der Waals surface area (Å²) in [5, 5.41) is 25.6. The predicted octanol–water partition coefficient (Wildman–Crippen LogP) is 1.50. The van der Waals surface area contributed by atoms with Crippen LogP contribution in [0.25, 0.3) is 12.0 Å². The molecule has 160 valence electrons. The van der Waals surface area contributed by atoms with Gasteiger partial charge in [0, 0.05) is 19.3 Å². The Labute approximate surface area is 180 Å². The van der Waals surface area contributed by atoms with E-state index in [1.165, 1.54) is 0 Å². The Kier molecular flexibility index (Phi) is 5.62. The number of para-hydroxylation sites is 1. The summed E-state index contributed by atoms with van der Waals surface area (Å²) in [6.45, 7) is 2.97. The van der Waals surface area contributed by atoms with Crippen LogP contribution in [-0.4, -0.2) is 65.9 Å². The maximum atomic E-state index is 9.16. The van der Waals surface area contributed by atoms with Crippen LogP contribution in [0.4, 0.5) is 0 Å². The van der Waals surface area contributed by atoms with Crippen molar-refractivity contribution in [2.24, 2.45) is 10.1 Å². The number of hydrogen-bond donors (Lipinski definition) is 2. The molecule has 0 spiro atoms. The lowest BCUT2D eigenvalue weighted by Gasteiger charge is -2.30. The van der Waals surface area contributed by atoms with Gasteiger partial charge in [0.05, 0.1) is 30.7 Å². The largest absolute Gasteiger partial charge is 0.515 e. The zero-order valence-corrected chi connectivity index (χ0v) is 17.7. The van der Waals surface area contributed by atoms with Crippen LogP contribution in [0.5, 0.6) is 5.75 Å². The highest BCUT2D eigenvalue weighted by atomic mass is 16.5. The molecule has 2 heterocycles. The molecule has 0 saturated carbocycles. The number of nitrogens with one attached hydrogen (secondary N) is 1. The van der Waals surface area contributed by atoms with E-state index in [2.05, 4.69) is 5.10 Å². The van der Waals surface area contributed by atoms with E-state index < -0.39 is 6.23 Å². The summed E-state index contributed by atoms with van der Waals surface area (Å²) in [7, 11) is 3.66. The summed E-state index contributed by atoms with van der Waals surface area (Å²) < 4.78 is 11.9. The van der Waals surface area contributed by atoms with Crippen LogP contribution in [0.15, 0.2) is 58.6 Å². The van der Waals surface area contributed by atoms with Crippen molar-refractivity contribution < 1.29 is 14.6 Å². The molecular weight excluding hydrogens is 394 g/mol. The van der Waals surface area contributed by atoms with Crippen molar-refractivity contribution >= 4 is 29.4 Å². The molecule has 1 atom stereocenters. The summed E-state index contributed by atoms with van der Waals surface area (Å²) in [4.78, 5) is 6.61. The molecule has 8 heteroatoms. The van der Waals surface area contributed by atoms with Crippen LogP contribution in [0.2, 0.25) is 0 Å². The van der Waals surface area contributed by atoms with E-state index in [4.69, 9.17) is 25.0 Å². The Balaban J connectivity index is 1.70. The van der Waals surface area contributed by atoms with Crippen molar-refractivity contribution in [3.8, 4) is 5.75 Å². The molecule has 2 N–H and O–H groups in total. The van der Waals surface area contributed by atoms with Gasteiger partial charge in [-0.3, -0.25) is 10.4 Å². The minimum absolute atomic E-state index is 0.287. The average molecular weight is 419 g/mol. The molecule has 0 amide bonds. The Morgan fingerprint density at radius 2 is 1.94 bits per heavy atom. The van der Waals surface area contributed by atoms with Gasteiger partial charge >= 0.3 is 0 Å². The highest BCUT2D eigenvalue weighted by Gasteiger charge is 2.36. The smallest absolute Gasteiger partial charge is 0.244 e. The minimum atomic E-state index is -0.625. The fourth-order valence-electron chi connectivity index (χ4n) is 3.50. The molecule has 0 aromatic heterocycles. The number of ether oxygens (including phenoxy) is 2. The second-order valence-electron chi connectivity index (χ2n) is 7.28. The van der Waals surface area contributed by atoms with E-state index in [0.717, 1.165) is 28.0 Å². The molecule has 0 bridgehead atoms. The van der Waals surface area contributed by atoms with Gasteiger partial charge in [-0.15, -0.1) is 5.10 Å². The van der Waals surface area contributed by atoms with Gasteiger partial charge in [-0.05, 0) is 24.3 Å². The fourth-order valence-corrected chi connectivity index (χ4v) is 3.50. The highest BCUT2D eigenvalue weighted by molar-refractivity contribution is 6.43. The van der Waals surface area contributed by atoms with E-state index >= 15 is 0 Å². The number of benzene rings is 2. The van der Waals surface area contributed by atoms with Crippen molar-refractivity contribution in [1.82, 2.24) is 9.91 Å². The maximum Gasteiger partial charge on any atom is 0.244 e. The van der Waals surface area contributed by atoms with Crippen LogP contribution >= 0.6 is 0 Å². The molecule has 2 aliphatic heterocycles. The zero-order chi connectivity index (χ0) is 22.0. The predicted molar refractivity (Wildman–Crippen MR) is 121 cm³/mol. The first-order valence-corrected chi connectivity index (χ1v) is 10.0. The van der Waals surface area contributed by atoms with E-state index in [-0.39, 0.29) is 5.84 Å². The number of nitrogens with zero attached hydrogens (tertiary/aromatic N) is 4. The number of aliphatic imine (C=N–C) groups is 1. The van der Waals surface area contributed by atoms with Crippen LogP contribution in [0, 0.1) is 5.41 Å². The van der Waals surface area contributed by atoms with E-state index in [0.29, 0.717) is 30.5 Å².